The molecule has 0 amide bonds. The summed E-state index contributed by atoms with van der Waals surface area (Å²) in [4.78, 5) is 15.9. The molecule has 1 aromatic rings. The Kier molecular flexibility index (Phi) is 4.28. The van der Waals surface area contributed by atoms with Gasteiger partial charge in [-0.05, 0) is 39.1 Å². The summed E-state index contributed by atoms with van der Waals surface area (Å²) >= 11 is 0. The van der Waals surface area contributed by atoms with Gasteiger partial charge >= 0.3 is 5.97 Å². The summed E-state index contributed by atoms with van der Waals surface area (Å²) in [5.41, 5.74) is 0.786. The van der Waals surface area contributed by atoms with Crippen LogP contribution in [0.25, 0.3) is 0 Å². The van der Waals surface area contributed by atoms with E-state index < -0.39 is 11.8 Å². The zero-order valence-electron chi connectivity index (χ0n) is 12.4. The number of hydrogen-bond donors (Lipinski definition) is 0. The van der Waals surface area contributed by atoms with E-state index in [1.54, 1.807) is 6.07 Å². The van der Waals surface area contributed by atoms with Gasteiger partial charge in [0.05, 0.1) is 12.7 Å². The number of nitrogens with zero attached hydrogens (tertiary/aromatic N) is 2. The number of benzene rings is 1. The first-order chi connectivity index (χ1) is 9.43. The molecule has 2 atom stereocenters. The summed E-state index contributed by atoms with van der Waals surface area (Å²) in [6, 6.07) is 5.49. The molecule has 20 heavy (non-hydrogen) atoms. The van der Waals surface area contributed by atoms with Gasteiger partial charge in [0, 0.05) is 30.9 Å². The molecule has 110 valence electrons. The lowest BCUT2D eigenvalue weighted by atomic mass is 10.1. The summed E-state index contributed by atoms with van der Waals surface area (Å²) in [5.74, 6) is -1.18. The van der Waals surface area contributed by atoms with Crippen LogP contribution in [-0.4, -0.2) is 50.2 Å². The van der Waals surface area contributed by atoms with Crippen LogP contribution in [0.3, 0.4) is 0 Å². The van der Waals surface area contributed by atoms with E-state index in [0.29, 0.717) is 12.1 Å². The fourth-order valence-corrected chi connectivity index (χ4v) is 2.59. The number of hydrogen-bond acceptors (Lipinski definition) is 4. The number of carbonyl (C=O) groups is 1. The molecule has 5 heteroatoms. The summed E-state index contributed by atoms with van der Waals surface area (Å²) < 4.78 is 18.5. The second kappa shape index (κ2) is 5.79. The summed E-state index contributed by atoms with van der Waals surface area (Å²) in [5, 5.41) is 0. The van der Waals surface area contributed by atoms with Crippen molar-refractivity contribution in [1.29, 1.82) is 0 Å². The van der Waals surface area contributed by atoms with Crippen molar-refractivity contribution in [2.24, 2.45) is 0 Å². The molecule has 1 saturated heterocycles. The van der Waals surface area contributed by atoms with Crippen molar-refractivity contribution in [2.45, 2.75) is 25.9 Å². The standard InChI is InChI=1S/C15H21FN2O2/c1-10-8-18(9-11(2)17(10)3)12-5-6-13(14(16)7-12)15(19)20-4/h5-7,10-11H,8-9H2,1-4H3. The van der Waals surface area contributed by atoms with E-state index >= 15 is 0 Å². The molecule has 4 nitrogen and oxygen atoms in total. The average Bonchev–Trinajstić information content (AvgIpc) is 2.43. The van der Waals surface area contributed by atoms with Crippen LogP contribution in [0.1, 0.15) is 24.2 Å². The van der Waals surface area contributed by atoms with Gasteiger partial charge < -0.3 is 9.64 Å². The van der Waals surface area contributed by atoms with Crippen molar-refractivity contribution in [3.05, 3.63) is 29.6 Å². The highest BCUT2D eigenvalue weighted by atomic mass is 19.1. The van der Waals surface area contributed by atoms with Gasteiger partial charge in [0.2, 0.25) is 0 Å². The molecule has 2 unspecified atom stereocenters. The second-order valence-corrected chi connectivity index (χ2v) is 5.42. The molecule has 0 bridgehead atoms. The number of esters is 1. The van der Waals surface area contributed by atoms with Crippen molar-refractivity contribution in [1.82, 2.24) is 4.90 Å². The van der Waals surface area contributed by atoms with Gasteiger partial charge in [0.25, 0.3) is 0 Å². The minimum atomic E-state index is -0.644. The van der Waals surface area contributed by atoms with Crippen molar-refractivity contribution in [3.63, 3.8) is 0 Å². The highest BCUT2D eigenvalue weighted by Crippen LogP contribution is 2.24. The minimum Gasteiger partial charge on any atom is -0.465 e. The van der Waals surface area contributed by atoms with Crippen LogP contribution < -0.4 is 4.90 Å². The maximum absolute atomic E-state index is 14.0. The maximum Gasteiger partial charge on any atom is 0.340 e. The Hall–Kier alpha value is -1.62. The molecule has 1 heterocycles. The second-order valence-electron chi connectivity index (χ2n) is 5.42. The molecule has 0 spiro atoms. The Labute approximate surface area is 119 Å². The van der Waals surface area contributed by atoms with Gasteiger partial charge in [0.15, 0.2) is 0 Å². The quantitative estimate of drug-likeness (QED) is 0.777. The van der Waals surface area contributed by atoms with Gasteiger partial charge in [0.1, 0.15) is 5.82 Å². The molecular formula is C15H21FN2O2. The smallest absolute Gasteiger partial charge is 0.340 e. The van der Waals surface area contributed by atoms with Gasteiger partial charge in [-0.15, -0.1) is 0 Å². The van der Waals surface area contributed by atoms with Gasteiger partial charge in [-0.2, -0.15) is 0 Å². The predicted molar refractivity (Wildman–Crippen MR) is 76.6 cm³/mol. The summed E-state index contributed by atoms with van der Waals surface area (Å²) in [6.45, 7) is 6.00. The fourth-order valence-electron chi connectivity index (χ4n) is 2.59. The maximum atomic E-state index is 14.0. The van der Waals surface area contributed by atoms with Gasteiger partial charge in [-0.25, -0.2) is 9.18 Å². The topological polar surface area (TPSA) is 32.8 Å². The van der Waals surface area contributed by atoms with E-state index in [0.717, 1.165) is 18.8 Å². The molecule has 0 saturated carbocycles. The molecule has 1 aliphatic rings. The minimum absolute atomic E-state index is 0.0218. The third-order valence-corrected chi connectivity index (χ3v) is 4.08. The number of methoxy groups -OCH3 is 1. The Balaban J connectivity index is 2.22. The number of rotatable bonds is 2. The monoisotopic (exact) mass is 280 g/mol. The number of anilines is 1. The summed E-state index contributed by atoms with van der Waals surface area (Å²) in [6.07, 6.45) is 0. The zero-order chi connectivity index (χ0) is 14.9. The van der Waals surface area contributed by atoms with Crippen LogP contribution >= 0.6 is 0 Å². The predicted octanol–water partition coefficient (Wildman–Crippen LogP) is 2.14. The number of ether oxygens (including phenoxy) is 1. The van der Waals surface area contributed by atoms with Crippen molar-refractivity contribution in [2.75, 3.05) is 32.1 Å². The van der Waals surface area contributed by atoms with Crippen LogP contribution in [0.5, 0.6) is 0 Å². The largest absolute Gasteiger partial charge is 0.465 e. The van der Waals surface area contributed by atoms with E-state index in [9.17, 15) is 9.18 Å². The molecular weight excluding hydrogens is 259 g/mol. The van der Waals surface area contributed by atoms with Crippen LogP contribution in [0.2, 0.25) is 0 Å². The van der Waals surface area contributed by atoms with Crippen LogP contribution in [0.4, 0.5) is 10.1 Å². The van der Waals surface area contributed by atoms with E-state index in [1.807, 2.05) is 0 Å². The van der Waals surface area contributed by atoms with Crippen molar-refractivity contribution >= 4 is 11.7 Å². The zero-order valence-corrected chi connectivity index (χ0v) is 12.4. The van der Waals surface area contributed by atoms with Gasteiger partial charge in [-0.3, -0.25) is 4.90 Å². The fraction of sp³-hybridized carbons (Fsp3) is 0.533. The lowest BCUT2D eigenvalue weighted by Crippen LogP contribution is -2.55. The Morgan fingerprint density at radius 2 is 1.90 bits per heavy atom. The first kappa shape index (κ1) is 14.8. The highest BCUT2D eigenvalue weighted by Gasteiger charge is 2.27. The summed E-state index contributed by atoms with van der Waals surface area (Å²) in [7, 11) is 3.35. The normalized spacial score (nSPS) is 23.8. The molecule has 0 aliphatic carbocycles. The number of halogens is 1. The van der Waals surface area contributed by atoms with E-state index in [4.69, 9.17) is 0 Å². The van der Waals surface area contributed by atoms with E-state index in [1.165, 1.54) is 19.2 Å². The molecule has 2 rings (SSSR count). The lowest BCUT2D eigenvalue weighted by molar-refractivity contribution is 0.0595. The van der Waals surface area contributed by atoms with Gasteiger partial charge in [-0.1, -0.05) is 0 Å². The van der Waals surface area contributed by atoms with E-state index in [2.05, 4.69) is 35.4 Å². The highest BCUT2D eigenvalue weighted by molar-refractivity contribution is 5.90. The molecule has 1 fully saturated rings. The molecule has 1 aliphatic heterocycles. The van der Waals surface area contributed by atoms with Crippen molar-refractivity contribution < 1.29 is 13.9 Å². The van der Waals surface area contributed by atoms with Crippen molar-refractivity contribution in [3.8, 4) is 0 Å². The molecule has 0 radical (unpaired) electrons. The van der Waals surface area contributed by atoms with E-state index in [-0.39, 0.29) is 5.56 Å². The lowest BCUT2D eigenvalue weighted by Gasteiger charge is -2.43. The number of piperazine rings is 1. The first-order valence-corrected chi connectivity index (χ1v) is 6.78. The molecule has 0 aromatic heterocycles. The number of carbonyl (C=O) groups excluding carboxylic acids is 1. The first-order valence-electron chi connectivity index (χ1n) is 6.78. The third-order valence-electron chi connectivity index (χ3n) is 4.08. The average molecular weight is 280 g/mol. The number of likely N-dealkylation sites (N-methyl/N-ethyl adjacent to an activating group) is 1. The van der Waals surface area contributed by atoms with Crippen LogP contribution in [-0.2, 0) is 4.74 Å². The Morgan fingerprint density at radius 1 is 1.30 bits per heavy atom. The van der Waals surface area contributed by atoms with Crippen LogP contribution in [0.15, 0.2) is 18.2 Å². The third kappa shape index (κ3) is 2.77. The molecule has 1 aromatic carbocycles. The SMILES string of the molecule is COC(=O)c1ccc(N2CC(C)N(C)C(C)C2)cc1F. The Bertz CT molecular complexity index is 495. The van der Waals surface area contributed by atoms with Crippen LogP contribution in [0, 0.1) is 5.82 Å². The molecule has 0 N–H and O–H groups in total. The Morgan fingerprint density at radius 3 is 2.40 bits per heavy atom.